The average molecular weight is 309 g/mol. The van der Waals surface area contributed by atoms with E-state index in [1.54, 1.807) is 0 Å². The van der Waals surface area contributed by atoms with E-state index in [0.717, 1.165) is 25.4 Å². The fourth-order valence-electron chi connectivity index (χ4n) is 3.38. The fraction of sp³-hybridized carbons (Fsp3) is 0.588. The van der Waals surface area contributed by atoms with Crippen LogP contribution in [-0.4, -0.2) is 5.91 Å². The smallest absolute Gasteiger partial charge is 0.220 e. The molecule has 1 aliphatic heterocycles. The standard InChI is InChI=1S/C17H24N2O.ClH/c20-17(8-6-13-3-1-2-4-13)19-10-14-5-7-15-11-18-12-16(15)9-14;/h5,7,9,13,18H,1-4,6,8,10-12H2,(H,19,20);1H. The van der Waals surface area contributed by atoms with Gasteiger partial charge < -0.3 is 10.6 Å². The average Bonchev–Trinajstić information content (AvgIpc) is 3.13. The lowest BCUT2D eigenvalue weighted by molar-refractivity contribution is -0.121. The number of carbonyl (C=O) groups excluding carboxylic acids is 1. The second-order valence-corrected chi connectivity index (χ2v) is 6.17. The molecule has 3 nitrogen and oxygen atoms in total. The maximum Gasteiger partial charge on any atom is 0.220 e. The molecular formula is C17H25ClN2O. The molecule has 0 bridgehead atoms. The summed E-state index contributed by atoms with van der Waals surface area (Å²) < 4.78 is 0. The highest BCUT2D eigenvalue weighted by atomic mass is 35.5. The summed E-state index contributed by atoms with van der Waals surface area (Å²) in [5, 5.41) is 6.40. The normalized spacial score (nSPS) is 17.3. The van der Waals surface area contributed by atoms with Crippen LogP contribution >= 0.6 is 12.4 Å². The van der Waals surface area contributed by atoms with Gasteiger partial charge in [0, 0.05) is 26.1 Å². The maximum absolute atomic E-state index is 11.9. The van der Waals surface area contributed by atoms with Gasteiger partial charge >= 0.3 is 0 Å². The summed E-state index contributed by atoms with van der Waals surface area (Å²) >= 11 is 0. The predicted molar refractivity (Wildman–Crippen MR) is 87.3 cm³/mol. The van der Waals surface area contributed by atoms with Gasteiger partial charge in [-0.1, -0.05) is 43.9 Å². The van der Waals surface area contributed by atoms with Crippen molar-refractivity contribution in [1.29, 1.82) is 0 Å². The summed E-state index contributed by atoms with van der Waals surface area (Å²) in [5.74, 6) is 1.00. The first-order chi connectivity index (χ1) is 9.81. The molecule has 1 amide bonds. The minimum absolute atomic E-state index is 0. The van der Waals surface area contributed by atoms with Crippen LogP contribution in [-0.2, 0) is 24.4 Å². The van der Waals surface area contributed by atoms with Crippen molar-refractivity contribution >= 4 is 18.3 Å². The van der Waals surface area contributed by atoms with Gasteiger partial charge in [0.2, 0.25) is 5.91 Å². The van der Waals surface area contributed by atoms with Crippen molar-refractivity contribution in [2.45, 2.75) is 58.2 Å². The zero-order valence-electron chi connectivity index (χ0n) is 12.5. The quantitative estimate of drug-likeness (QED) is 0.876. The number of hydrogen-bond donors (Lipinski definition) is 2. The summed E-state index contributed by atoms with van der Waals surface area (Å²) in [6.45, 7) is 2.60. The molecule has 1 aromatic carbocycles. The molecule has 2 aliphatic rings. The molecule has 4 heteroatoms. The Morgan fingerprint density at radius 1 is 1.19 bits per heavy atom. The van der Waals surface area contributed by atoms with Gasteiger partial charge in [0.1, 0.15) is 0 Å². The number of hydrogen-bond acceptors (Lipinski definition) is 2. The van der Waals surface area contributed by atoms with Crippen molar-refractivity contribution in [3.05, 3.63) is 34.9 Å². The van der Waals surface area contributed by atoms with E-state index in [1.165, 1.54) is 42.4 Å². The van der Waals surface area contributed by atoms with Crippen LogP contribution < -0.4 is 10.6 Å². The third kappa shape index (κ3) is 4.45. The Bertz CT molecular complexity index is 484. The van der Waals surface area contributed by atoms with Gasteiger partial charge in [-0.2, -0.15) is 0 Å². The van der Waals surface area contributed by atoms with Gasteiger partial charge in [0.05, 0.1) is 0 Å². The molecule has 1 fully saturated rings. The van der Waals surface area contributed by atoms with Crippen molar-refractivity contribution in [1.82, 2.24) is 10.6 Å². The zero-order valence-corrected chi connectivity index (χ0v) is 13.3. The van der Waals surface area contributed by atoms with Crippen LogP contribution in [0.15, 0.2) is 18.2 Å². The van der Waals surface area contributed by atoms with Gasteiger partial charge in [-0.3, -0.25) is 4.79 Å². The van der Waals surface area contributed by atoms with Gasteiger partial charge in [-0.05, 0) is 29.0 Å². The third-order valence-electron chi connectivity index (χ3n) is 4.65. The number of rotatable bonds is 5. The molecule has 0 radical (unpaired) electrons. The van der Waals surface area contributed by atoms with Crippen LogP contribution in [0.2, 0.25) is 0 Å². The van der Waals surface area contributed by atoms with Crippen molar-refractivity contribution in [2.24, 2.45) is 5.92 Å². The first-order valence-corrected chi connectivity index (χ1v) is 7.89. The van der Waals surface area contributed by atoms with Crippen LogP contribution in [0.1, 0.15) is 55.2 Å². The lowest BCUT2D eigenvalue weighted by atomic mass is 10.0. The highest BCUT2D eigenvalue weighted by molar-refractivity contribution is 5.85. The lowest BCUT2D eigenvalue weighted by Gasteiger charge is -2.10. The van der Waals surface area contributed by atoms with E-state index in [1.807, 2.05) is 0 Å². The predicted octanol–water partition coefficient (Wildman–Crippen LogP) is 3.30. The monoisotopic (exact) mass is 308 g/mol. The van der Waals surface area contributed by atoms with Gasteiger partial charge in [0.25, 0.3) is 0 Å². The van der Waals surface area contributed by atoms with Crippen LogP contribution in [0, 0.1) is 5.92 Å². The summed E-state index contributed by atoms with van der Waals surface area (Å²) in [6, 6.07) is 6.52. The second-order valence-electron chi connectivity index (χ2n) is 6.17. The number of amides is 1. The molecule has 0 unspecified atom stereocenters. The fourth-order valence-corrected chi connectivity index (χ4v) is 3.38. The summed E-state index contributed by atoms with van der Waals surface area (Å²) in [6.07, 6.45) is 7.12. The van der Waals surface area contributed by atoms with Crippen LogP contribution in [0.5, 0.6) is 0 Å². The number of halogens is 1. The van der Waals surface area contributed by atoms with Gasteiger partial charge in [-0.25, -0.2) is 0 Å². The summed E-state index contributed by atoms with van der Waals surface area (Å²) in [7, 11) is 0. The Morgan fingerprint density at radius 2 is 1.95 bits per heavy atom. The maximum atomic E-state index is 11.9. The Labute approximate surface area is 133 Å². The molecule has 0 saturated heterocycles. The van der Waals surface area contributed by atoms with Crippen molar-refractivity contribution in [2.75, 3.05) is 0 Å². The number of nitrogens with one attached hydrogen (secondary N) is 2. The van der Waals surface area contributed by atoms with Crippen molar-refractivity contribution < 1.29 is 4.79 Å². The van der Waals surface area contributed by atoms with E-state index in [2.05, 4.69) is 28.8 Å². The molecule has 2 N–H and O–H groups in total. The molecule has 1 saturated carbocycles. The minimum Gasteiger partial charge on any atom is -0.352 e. The second kappa shape index (κ2) is 7.81. The Hall–Kier alpha value is -1.06. The Kier molecular flexibility index (Phi) is 6.07. The molecule has 21 heavy (non-hydrogen) atoms. The molecule has 1 aromatic rings. The van der Waals surface area contributed by atoms with E-state index in [-0.39, 0.29) is 18.3 Å². The highest BCUT2D eigenvalue weighted by Crippen LogP contribution is 2.28. The molecule has 0 spiro atoms. The Morgan fingerprint density at radius 3 is 2.76 bits per heavy atom. The molecular weight excluding hydrogens is 284 g/mol. The van der Waals surface area contributed by atoms with Crippen molar-refractivity contribution in [3.8, 4) is 0 Å². The number of benzene rings is 1. The highest BCUT2D eigenvalue weighted by Gasteiger charge is 2.16. The largest absolute Gasteiger partial charge is 0.352 e. The topological polar surface area (TPSA) is 41.1 Å². The molecule has 0 aromatic heterocycles. The zero-order chi connectivity index (χ0) is 13.8. The van der Waals surface area contributed by atoms with E-state index in [0.29, 0.717) is 13.0 Å². The lowest BCUT2D eigenvalue weighted by Crippen LogP contribution is -2.23. The van der Waals surface area contributed by atoms with E-state index >= 15 is 0 Å². The molecule has 1 aliphatic carbocycles. The molecule has 1 heterocycles. The summed E-state index contributed by atoms with van der Waals surface area (Å²) in [4.78, 5) is 11.9. The Balaban J connectivity index is 0.00000161. The minimum atomic E-state index is 0. The van der Waals surface area contributed by atoms with Gasteiger partial charge in [-0.15, -0.1) is 12.4 Å². The van der Waals surface area contributed by atoms with Crippen LogP contribution in [0.25, 0.3) is 0 Å². The molecule has 3 rings (SSSR count). The number of fused-ring (bicyclic) bond motifs is 1. The number of carbonyl (C=O) groups is 1. The van der Waals surface area contributed by atoms with E-state index in [9.17, 15) is 4.79 Å². The SMILES string of the molecule is Cl.O=C(CCC1CCCC1)NCc1ccc2c(c1)CNC2. The van der Waals surface area contributed by atoms with Crippen molar-refractivity contribution in [3.63, 3.8) is 0 Å². The molecule has 0 atom stereocenters. The third-order valence-corrected chi connectivity index (χ3v) is 4.65. The van der Waals surface area contributed by atoms with Crippen LogP contribution in [0.4, 0.5) is 0 Å². The van der Waals surface area contributed by atoms with E-state index < -0.39 is 0 Å². The summed E-state index contributed by atoms with van der Waals surface area (Å²) in [5.41, 5.74) is 3.98. The van der Waals surface area contributed by atoms with Crippen LogP contribution in [0.3, 0.4) is 0 Å². The van der Waals surface area contributed by atoms with E-state index in [4.69, 9.17) is 0 Å². The van der Waals surface area contributed by atoms with Gasteiger partial charge in [0.15, 0.2) is 0 Å². The first kappa shape index (κ1) is 16.3. The molecule has 116 valence electrons. The first-order valence-electron chi connectivity index (χ1n) is 7.89.